The zero-order valence-electron chi connectivity index (χ0n) is 21.5. The second kappa shape index (κ2) is 12.6. The van der Waals surface area contributed by atoms with Gasteiger partial charge < -0.3 is 13.7 Å². The minimum atomic E-state index is -0.334. The molecule has 0 radical (unpaired) electrons. The van der Waals surface area contributed by atoms with Crippen molar-refractivity contribution in [1.29, 1.82) is 5.26 Å². The molecule has 1 N–H and O–H groups in total. The highest BCUT2D eigenvalue weighted by Gasteiger charge is 2.24. The van der Waals surface area contributed by atoms with Crippen molar-refractivity contribution in [3.8, 4) is 34.3 Å². The van der Waals surface area contributed by atoms with Crippen LogP contribution in [0.1, 0.15) is 18.3 Å². The fourth-order valence-electron chi connectivity index (χ4n) is 4.12. The van der Waals surface area contributed by atoms with E-state index in [-0.39, 0.29) is 29.7 Å². The SMILES string of the molecule is CCn1c(COc2ccc(Cl)cc2)nnc1SCC(=O)Nc1oc(-c2ccccc2)c(-c2ccccc2)c1C#N. The van der Waals surface area contributed by atoms with Gasteiger partial charge in [0.05, 0.1) is 5.75 Å². The molecule has 2 aromatic heterocycles. The Bertz CT molecular complexity index is 1640. The largest absolute Gasteiger partial charge is 0.486 e. The van der Waals surface area contributed by atoms with Crippen LogP contribution in [0.15, 0.2) is 94.5 Å². The molecule has 0 fully saturated rings. The number of nitriles is 1. The number of anilines is 1. The van der Waals surface area contributed by atoms with E-state index in [0.29, 0.717) is 39.6 Å². The van der Waals surface area contributed by atoms with E-state index in [9.17, 15) is 10.1 Å². The van der Waals surface area contributed by atoms with Gasteiger partial charge in [-0.05, 0) is 36.8 Å². The molecule has 0 bridgehead atoms. The number of nitrogens with one attached hydrogen (secondary N) is 1. The van der Waals surface area contributed by atoms with Crippen LogP contribution in [-0.4, -0.2) is 26.4 Å². The number of ether oxygens (including phenoxy) is 1. The van der Waals surface area contributed by atoms with Gasteiger partial charge in [0, 0.05) is 22.7 Å². The number of hydrogen-bond acceptors (Lipinski definition) is 7. The van der Waals surface area contributed by atoms with Crippen molar-refractivity contribution in [3.05, 3.63) is 101 Å². The zero-order chi connectivity index (χ0) is 27.9. The Morgan fingerprint density at radius 1 is 1.02 bits per heavy atom. The van der Waals surface area contributed by atoms with Crippen LogP contribution in [0.3, 0.4) is 0 Å². The third kappa shape index (κ3) is 6.04. The first-order valence-electron chi connectivity index (χ1n) is 12.5. The number of thioether (sulfide) groups is 1. The first kappa shape index (κ1) is 27.1. The normalized spacial score (nSPS) is 10.7. The van der Waals surface area contributed by atoms with E-state index in [1.54, 1.807) is 24.3 Å². The first-order chi connectivity index (χ1) is 19.6. The van der Waals surface area contributed by atoms with E-state index in [1.165, 1.54) is 11.8 Å². The molecule has 3 aromatic carbocycles. The van der Waals surface area contributed by atoms with Crippen LogP contribution in [0.4, 0.5) is 5.88 Å². The number of carbonyl (C=O) groups excluding carboxylic acids is 1. The third-order valence-corrected chi connectivity index (χ3v) is 7.21. The molecule has 0 aliphatic rings. The van der Waals surface area contributed by atoms with E-state index >= 15 is 0 Å². The minimum absolute atomic E-state index is 0.0447. The fourth-order valence-corrected chi connectivity index (χ4v) is 5.07. The number of furan rings is 1. The minimum Gasteiger partial charge on any atom is -0.486 e. The van der Waals surface area contributed by atoms with Gasteiger partial charge in [-0.2, -0.15) is 5.26 Å². The van der Waals surface area contributed by atoms with Gasteiger partial charge in [-0.15, -0.1) is 10.2 Å². The molecule has 0 aliphatic heterocycles. The molecule has 8 nitrogen and oxygen atoms in total. The monoisotopic (exact) mass is 569 g/mol. The van der Waals surface area contributed by atoms with E-state index in [0.717, 1.165) is 11.1 Å². The molecule has 200 valence electrons. The van der Waals surface area contributed by atoms with Crippen molar-refractivity contribution >= 4 is 35.2 Å². The topological polar surface area (TPSA) is 106 Å². The highest BCUT2D eigenvalue weighted by Crippen LogP contribution is 2.41. The maximum Gasteiger partial charge on any atom is 0.237 e. The smallest absolute Gasteiger partial charge is 0.237 e. The lowest BCUT2D eigenvalue weighted by molar-refractivity contribution is -0.113. The Kier molecular flexibility index (Phi) is 8.50. The van der Waals surface area contributed by atoms with Crippen molar-refractivity contribution in [3.63, 3.8) is 0 Å². The van der Waals surface area contributed by atoms with Crippen LogP contribution < -0.4 is 10.1 Å². The predicted octanol–water partition coefficient (Wildman–Crippen LogP) is 7.06. The van der Waals surface area contributed by atoms with Crippen LogP contribution in [0.5, 0.6) is 5.75 Å². The van der Waals surface area contributed by atoms with Crippen molar-refractivity contribution in [1.82, 2.24) is 14.8 Å². The summed E-state index contributed by atoms with van der Waals surface area (Å²) in [4.78, 5) is 13.0. The zero-order valence-corrected chi connectivity index (χ0v) is 23.1. The number of carbonyl (C=O) groups is 1. The molecule has 0 unspecified atom stereocenters. The van der Waals surface area contributed by atoms with Gasteiger partial charge in [-0.1, -0.05) is 84.0 Å². The lowest BCUT2D eigenvalue weighted by Crippen LogP contribution is -2.15. The summed E-state index contributed by atoms with van der Waals surface area (Å²) in [7, 11) is 0. The molecule has 2 heterocycles. The maximum atomic E-state index is 13.0. The number of nitrogens with zero attached hydrogens (tertiary/aromatic N) is 4. The number of aromatic nitrogens is 3. The summed E-state index contributed by atoms with van der Waals surface area (Å²) in [5.74, 6) is 1.64. The lowest BCUT2D eigenvalue weighted by Gasteiger charge is -2.09. The number of rotatable bonds is 10. The van der Waals surface area contributed by atoms with E-state index in [1.807, 2.05) is 72.2 Å². The van der Waals surface area contributed by atoms with Gasteiger partial charge in [0.15, 0.2) is 11.0 Å². The molecule has 0 atom stereocenters. The molecule has 0 saturated carbocycles. The summed E-state index contributed by atoms with van der Waals surface area (Å²) in [5, 5.41) is 22.5. The summed E-state index contributed by atoms with van der Waals surface area (Å²) in [6.45, 7) is 2.79. The Hall–Kier alpha value is -4.52. The number of hydrogen-bond donors (Lipinski definition) is 1. The Balaban J connectivity index is 1.31. The first-order valence-corrected chi connectivity index (χ1v) is 13.8. The molecular formula is C30H24ClN5O3S. The van der Waals surface area contributed by atoms with Crippen molar-refractivity contribution in [2.45, 2.75) is 25.2 Å². The average molecular weight is 570 g/mol. The van der Waals surface area contributed by atoms with Crippen molar-refractivity contribution in [2.75, 3.05) is 11.1 Å². The van der Waals surface area contributed by atoms with Crippen molar-refractivity contribution < 1.29 is 13.9 Å². The van der Waals surface area contributed by atoms with Gasteiger partial charge in [0.1, 0.15) is 29.7 Å². The lowest BCUT2D eigenvalue weighted by atomic mass is 9.98. The maximum absolute atomic E-state index is 13.0. The van der Waals surface area contributed by atoms with Crippen LogP contribution in [-0.2, 0) is 17.9 Å². The Morgan fingerprint density at radius 3 is 2.35 bits per heavy atom. The molecular weight excluding hydrogens is 546 g/mol. The summed E-state index contributed by atoms with van der Waals surface area (Å²) in [5.41, 5.74) is 2.52. The summed E-state index contributed by atoms with van der Waals surface area (Å²) in [6, 6.07) is 28.3. The van der Waals surface area contributed by atoms with E-state index in [4.69, 9.17) is 20.8 Å². The average Bonchev–Trinajstić information content (AvgIpc) is 3.57. The van der Waals surface area contributed by atoms with E-state index in [2.05, 4.69) is 21.6 Å². The Labute approximate surface area is 240 Å². The molecule has 1 amide bonds. The highest BCUT2D eigenvalue weighted by atomic mass is 35.5. The number of amides is 1. The van der Waals surface area contributed by atoms with Gasteiger partial charge in [0.2, 0.25) is 11.8 Å². The van der Waals surface area contributed by atoms with Gasteiger partial charge in [-0.3, -0.25) is 10.1 Å². The highest BCUT2D eigenvalue weighted by molar-refractivity contribution is 7.99. The standard InChI is InChI=1S/C30H24ClN5O3S/c1-2-36-25(18-38-23-15-13-22(31)14-16-23)34-35-30(36)40-19-26(37)33-29-24(17-32)27(20-9-5-3-6-10-20)28(39-29)21-11-7-4-8-12-21/h3-16H,2,18-19H2,1H3,(H,33,37). The van der Waals surface area contributed by atoms with E-state index < -0.39 is 0 Å². The molecule has 5 rings (SSSR count). The summed E-state index contributed by atoms with van der Waals surface area (Å²) < 4.78 is 13.8. The van der Waals surface area contributed by atoms with Crippen LogP contribution in [0, 0.1) is 11.3 Å². The van der Waals surface area contributed by atoms with Gasteiger partial charge in [0.25, 0.3) is 0 Å². The van der Waals surface area contributed by atoms with Crippen molar-refractivity contribution in [2.24, 2.45) is 0 Å². The Morgan fingerprint density at radius 2 is 1.70 bits per heavy atom. The molecule has 0 saturated heterocycles. The predicted molar refractivity (Wildman–Crippen MR) is 155 cm³/mol. The molecule has 0 aliphatic carbocycles. The molecule has 0 spiro atoms. The second-order valence-corrected chi connectivity index (χ2v) is 9.96. The fraction of sp³-hybridized carbons (Fsp3) is 0.133. The third-order valence-electron chi connectivity index (χ3n) is 6.00. The summed E-state index contributed by atoms with van der Waals surface area (Å²) >= 11 is 7.17. The molecule has 40 heavy (non-hydrogen) atoms. The second-order valence-electron chi connectivity index (χ2n) is 8.58. The van der Waals surface area contributed by atoms with Crippen LogP contribution in [0.25, 0.3) is 22.5 Å². The van der Waals surface area contributed by atoms with Crippen LogP contribution >= 0.6 is 23.4 Å². The van der Waals surface area contributed by atoms with Crippen LogP contribution in [0.2, 0.25) is 5.02 Å². The molecule has 10 heteroatoms. The van der Waals surface area contributed by atoms with Gasteiger partial charge in [-0.25, -0.2) is 0 Å². The quantitative estimate of drug-likeness (QED) is 0.179. The molecule has 5 aromatic rings. The number of benzene rings is 3. The number of halogens is 1. The summed E-state index contributed by atoms with van der Waals surface area (Å²) in [6.07, 6.45) is 0. The van der Waals surface area contributed by atoms with Gasteiger partial charge >= 0.3 is 0 Å².